The van der Waals surface area contributed by atoms with Gasteiger partial charge in [0.25, 0.3) is 5.91 Å². The third kappa shape index (κ3) is 8.58. The number of carbonyl (C=O) groups excluding carboxylic acids is 3. The first-order valence-corrected chi connectivity index (χ1v) is 25.4. The van der Waals surface area contributed by atoms with Gasteiger partial charge in [0, 0.05) is 118 Å². The van der Waals surface area contributed by atoms with Gasteiger partial charge < -0.3 is 44.4 Å². The summed E-state index contributed by atoms with van der Waals surface area (Å²) in [6, 6.07) is 11.5. The van der Waals surface area contributed by atoms with Crippen LogP contribution in [0.15, 0.2) is 42.5 Å². The average molecular weight is 981 g/mol. The number of halogens is 2. The zero-order valence-corrected chi connectivity index (χ0v) is 40.4. The summed E-state index contributed by atoms with van der Waals surface area (Å²) < 4.78 is 45.0. The first kappa shape index (κ1) is 46.4. The lowest BCUT2D eigenvalue weighted by molar-refractivity contribution is -0.136. The second-order valence-electron chi connectivity index (χ2n) is 21.1. The SMILES string of the molecule is C#Cc1c(F)ccc2cc(O)cc(-c3nc(OC)c4c(N5CC6CCC(C5)N6)nc(OCC5(CN6CCN(CC7CCN(c8ccc9c(c8)CN(C8CCC(=O)NC8=O)C9=O)CC7)CC6)CC5)nc4c3F)c12. The molecule has 8 heterocycles. The smallest absolute Gasteiger partial charge is 0.319 e. The van der Waals surface area contributed by atoms with Gasteiger partial charge in [-0.15, -0.1) is 6.42 Å². The number of fused-ring (bicyclic) bond motifs is 5. The van der Waals surface area contributed by atoms with Crippen LogP contribution in [0.5, 0.6) is 17.6 Å². The Kier molecular flexibility index (Phi) is 11.9. The number of piperidine rings is 2. The molecule has 1 saturated carbocycles. The maximum Gasteiger partial charge on any atom is 0.319 e. The highest BCUT2D eigenvalue weighted by Crippen LogP contribution is 2.48. The van der Waals surface area contributed by atoms with Crippen LogP contribution >= 0.6 is 0 Å². The monoisotopic (exact) mass is 980 g/mol. The van der Waals surface area contributed by atoms with Crippen LogP contribution in [0.25, 0.3) is 32.9 Å². The minimum atomic E-state index is -0.791. The second kappa shape index (κ2) is 18.4. The van der Waals surface area contributed by atoms with E-state index < -0.39 is 23.6 Å². The molecule has 3 amide bonds. The van der Waals surface area contributed by atoms with Crippen LogP contribution in [0.2, 0.25) is 0 Å². The topological polar surface area (TPSA) is 169 Å². The fourth-order valence-corrected chi connectivity index (χ4v) is 12.3. The van der Waals surface area contributed by atoms with Crippen LogP contribution in [0, 0.1) is 35.3 Å². The molecule has 12 rings (SSSR count). The van der Waals surface area contributed by atoms with Crippen LogP contribution in [0.1, 0.15) is 72.9 Å². The van der Waals surface area contributed by atoms with E-state index in [1.165, 1.54) is 31.4 Å². The first-order chi connectivity index (χ1) is 34.9. The van der Waals surface area contributed by atoms with Crippen LogP contribution in [-0.4, -0.2) is 150 Å². The Morgan fingerprint density at radius 2 is 1.62 bits per heavy atom. The fraction of sp³-hybridized carbons (Fsp3) is 0.481. The van der Waals surface area contributed by atoms with Crippen molar-refractivity contribution in [2.24, 2.45) is 11.3 Å². The largest absolute Gasteiger partial charge is 0.508 e. The van der Waals surface area contributed by atoms with Crippen LogP contribution in [0.3, 0.4) is 0 Å². The maximum atomic E-state index is 17.4. The molecular formula is C54H58F2N10O6. The lowest BCUT2D eigenvalue weighted by atomic mass is 9.95. The number of piperazine rings is 2. The Hall–Kier alpha value is -6.68. The molecule has 3 atom stereocenters. The van der Waals surface area contributed by atoms with E-state index in [4.69, 9.17) is 25.9 Å². The minimum Gasteiger partial charge on any atom is -0.508 e. The van der Waals surface area contributed by atoms with Crippen LogP contribution < -0.4 is 29.9 Å². The van der Waals surface area contributed by atoms with Gasteiger partial charge in [0.05, 0.1) is 19.3 Å². The van der Waals surface area contributed by atoms with Gasteiger partial charge in [-0.3, -0.25) is 19.7 Å². The van der Waals surface area contributed by atoms with Gasteiger partial charge in [-0.2, -0.15) is 9.97 Å². The predicted octanol–water partition coefficient (Wildman–Crippen LogP) is 5.21. The third-order valence-corrected chi connectivity index (χ3v) is 16.4. The third-order valence-electron chi connectivity index (χ3n) is 16.4. The van der Waals surface area contributed by atoms with E-state index >= 15 is 8.78 Å². The van der Waals surface area contributed by atoms with Crippen molar-refractivity contribution in [1.82, 2.24) is 40.3 Å². The van der Waals surface area contributed by atoms with Crippen molar-refractivity contribution >= 4 is 50.9 Å². The highest BCUT2D eigenvalue weighted by atomic mass is 19.1. The van der Waals surface area contributed by atoms with Crippen molar-refractivity contribution in [3.05, 3.63) is 70.8 Å². The number of aromatic nitrogens is 3. The zero-order valence-electron chi connectivity index (χ0n) is 40.4. The van der Waals surface area contributed by atoms with Crippen molar-refractivity contribution in [2.45, 2.75) is 76.0 Å². The lowest BCUT2D eigenvalue weighted by Gasteiger charge is -2.40. The van der Waals surface area contributed by atoms with Crippen LogP contribution in [0.4, 0.5) is 20.3 Å². The van der Waals surface area contributed by atoms with Crippen molar-refractivity contribution in [2.75, 3.05) is 89.0 Å². The maximum absolute atomic E-state index is 17.4. The summed E-state index contributed by atoms with van der Waals surface area (Å²) in [4.78, 5) is 63.2. The molecule has 6 aliphatic heterocycles. The molecule has 1 aliphatic carbocycles. The van der Waals surface area contributed by atoms with Crippen molar-refractivity contribution in [3.63, 3.8) is 0 Å². The number of hydrogen-bond acceptors (Lipinski definition) is 14. The number of nitrogens with one attached hydrogen (secondary N) is 2. The van der Waals surface area contributed by atoms with Gasteiger partial charge in [0.1, 0.15) is 40.0 Å². The summed E-state index contributed by atoms with van der Waals surface area (Å²) >= 11 is 0. The molecule has 3 N–H and O–H groups in total. The van der Waals surface area contributed by atoms with E-state index in [0.717, 1.165) is 102 Å². The number of rotatable bonds is 12. The van der Waals surface area contributed by atoms with Crippen molar-refractivity contribution in [3.8, 4) is 41.2 Å². The number of imide groups is 1. The summed E-state index contributed by atoms with van der Waals surface area (Å²) in [5.74, 6) is 1.13. The van der Waals surface area contributed by atoms with Gasteiger partial charge in [0.2, 0.25) is 17.7 Å². The Morgan fingerprint density at radius 1 is 0.861 bits per heavy atom. The zero-order chi connectivity index (χ0) is 49.4. The van der Waals surface area contributed by atoms with Gasteiger partial charge >= 0.3 is 6.01 Å². The number of aromatic hydroxyl groups is 1. The molecule has 5 aromatic rings. The summed E-state index contributed by atoms with van der Waals surface area (Å²) in [6.45, 7) is 9.79. The molecule has 72 heavy (non-hydrogen) atoms. The van der Waals surface area contributed by atoms with E-state index in [2.05, 4.69) is 47.2 Å². The van der Waals surface area contributed by atoms with Gasteiger partial charge in [-0.1, -0.05) is 12.0 Å². The normalized spacial score (nSPS) is 23.4. The number of nitrogens with zero attached hydrogens (tertiary/aromatic N) is 8. The lowest BCUT2D eigenvalue weighted by Crippen LogP contribution is -2.52. The number of ether oxygens (including phenoxy) is 2. The molecule has 0 radical (unpaired) electrons. The number of phenolic OH excluding ortho intramolecular Hbond substituents is 1. The molecule has 3 unspecified atom stereocenters. The number of phenols is 1. The minimum absolute atomic E-state index is 0.0504. The Bertz CT molecular complexity index is 3060. The number of amides is 3. The number of anilines is 2. The van der Waals surface area contributed by atoms with Crippen molar-refractivity contribution < 1.29 is 37.7 Å². The van der Waals surface area contributed by atoms with E-state index in [1.54, 1.807) is 4.90 Å². The number of methoxy groups -OCH3 is 1. The van der Waals surface area contributed by atoms with E-state index in [0.29, 0.717) is 60.7 Å². The molecule has 2 aromatic heterocycles. The molecular weight excluding hydrogens is 923 g/mol. The first-order valence-electron chi connectivity index (χ1n) is 25.4. The summed E-state index contributed by atoms with van der Waals surface area (Å²) in [7, 11) is 1.46. The Morgan fingerprint density at radius 3 is 2.35 bits per heavy atom. The van der Waals surface area contributed by atoms with Gasteiger partial charge in [0.15, 0.2) is 5.82 Å². The number of pyridine rings is 1. The summed E-state index contributed by atoms with van der Waals surface area (Å²) in [6.07, 6.45) is 12.6. The average Bonchev–Trinajstić information content (AvgIpc) is 3.96. The van der Waals surface area contributed by atoms with Crippen molar-refractivity contribution in [1.29, 1.82) is 0 Å². The fourth-order valence-electron chi connectivity index (χ4n) is 12.3. The molecule has 7 aliphatic rings. The van der Waals surface area contributed by atoms with Gasteiger partial charge in [-0.25, -0.2) is 13.8 Å². The number of terminal acetylenes is 1. The number of carbonyl (C=O) groups is 3. The standard InChI is InChI=1S/C54H58F2N10O6/c1-3-38-41(55)9-4-32-23-37(67)24-40(44(32)38)47-46(56)48-45(51(59-47)71-2)49(65-27-34-5-6-35(28-65)57-34)61-53(60-48)72-30-54(14-15-54)29-63-20-18-62(19-21-63)25-31-12-16-64(17-13-31)36-7-8-39-33(22-36)26-66(52(39)70)42-10-11-43(68)58-50(42)69/h1,4,7-9,22-24,31,34-35,42,57,67H,5-6,10-21,25-30H2,2H3,(H,58,68,69). The van der Waals surface area contributed by atoms with E-state index in [9.17, 15) is 19.5 Å². The summed E-state index contributed by atoms with van der Waals surface area (Å²) in [5, 5.41) is 17.8. The molecule has 374 valence electrons. The number of hydrogen-bond donors (Lipinski definition) is 3. The molecule has 16 nitrogen and oxygen atoms in total. The van der Waals surface area contributed by atoms with Crippen LogP contribution in [-0.2, 0) is 16.1 Å². The van der Waals surface area contributed by atoms with E-state index in [-0.39, 0.29) is 81.1 Å². The van der Waals surface area contributed by atoms with E-state index in [1.807, 2.05) is 12.1 Å². The molecule has 18 heteroatoms. The Labute approximate surface area is 416 Å². The molecule has 0 spiro atoms. The summed E-state index contributed by atoms with van der Waals surface area (Å²) in [5.41, 5.74) is 2.38. The molecule has 2 bridgehead atoms. The quantitative estimate of drug-likeness (QED) is 0.110. The number of benzene rings is 3. The highest BCUT2D eigenvalue weighted by Gasteiger charge is 2.46. The highest BCUT2D eigenvalue weighted by molar-refractivity contribution is 6.06. The second-order valence-corrected chi connectivity index (χ2v) is 21.1. The molecule has 5 saturated heterocycles. The Balaban J connectivity index is 0.701. The molecule has 6 fully saturated rings. The van der Waals surface area contributed by atoms with Gasteiger partial charge in [-0.05, 0) is 98.2 Å². The molecule has 3 aromatic carbocycles. The predicted molar refractivity (Wildman–Crippen MR) is 266 cm³/mol.